The summed E-state index contributed by atoms with van der Waals surface area (Å²) in [5, 5.41) is 0. The van der Waals surface area contributed by atoms with Crippen LogP contribution in [0.2, 0.25) is 0 Å². The summed E-state index contributed by atoms with van der Waals surface area (Å²) in [6, 6.07) is 4.12. The van der Waals surface area contributed by atoms with E-state index in [9.17, 15) is 0 Å². The predicted octanol–water partition coefficient (Wildman–Crippen LogP) is 1.14. The van der Waals surface area contributed by atoms with Crippen LogP contribution in [0.15, 0.2) is 24.5 Å². The second-order valence-corrected chi connectivity index (χ2v) is 3.12. The Morgan fingerprint density at radius 2 is 2.55 bits per heavy atom. The van der Waals surface area contributed by atoms with Crippen molar-refractivity contribution in [2.45, 2.75) is 12.3 Å². The molecule has 2 N–H and O–H groups in total. The van der Waals surface area contributed by atoms with Gasteiger partial charge < -0.3 is 5.73 Å². The van der Waals surface area contributed by atoms with Crippen molar-refractivity contribution in [2.75, 3.05) is 6.54 Å². The van der Waals surface area contributed by atoms with Gasteiger partial charge in [-0.25, -0.2) is 0 Å². The number of hydrogen-bond acceptors (Lipinski definition) is 2. The van der Waals surface area contributed by atoms with Gasteiger partial charge in [0, 0.05) is 12.4 Å². The first-order valence-corrected chi connectivity index (χ1v) is 4.02. The second-order valence-electron chi connectivity index (χ2n) is 3.12. The van der Waals surface area contributed by atoms with E-state index in [2.05, 4.69) is 11.1 Å². The molecule has 2 rings (SSSR count). The molecule has 0 amide bonds. The highest BCUT2D eigenvalue weighted by atomic mass is 14.6. The van der Waals surface area contributed by atoms with Crippen LogP contribution in [0, 0.1) is 5.92 Å². The molecule has 0 saturated heterocycles. The Kier molecular flexibility index (Phi) is 1.62. The fraction of sp³-hybridized carbons (Fsp3) is 0.444. The van der Waals surface area contributed by atoms with Crippen LogP contribution in [-0.2, 0) is 0 Å². The smallest absolute Gasteiger partial charge is 0.0302 e. The molecule has 2 nitrogen and oxygen atoms in total. The Bertz CT molecular complexity index is 233. The Hall–Kier alpha value is -0.890. The number of aromatic nitrogens is 1. The van der Waals surface area contributed by atoms with Crippen LogP contribution in [0.5, 0.6) is 0 Å². The minimum atomic E-state index is 0.702. The quantitative estimate of drug-likeness (QED) is 0.683. The first-order chi connectivity index (χ1) is 5.42. The van der Waals surface area contributed by atoms with Gasteiger partial charge in [0.1, 0.15) is 0 Å². The summed E-state index contributed by atoms with van der Waals surface area (Å²) in [4.78, 5) is 4.07. The van der Waals surface area contributed by atoms with E-state index in [1.165, 1.54) is 12.0 Å². The number of nitrogens with two attached hydrogens (primary N) is 1. The average molecular weight is 148 g/mol. The summed E-state index contributed by atoms with van der Waals surface area (Å²) in [6.45, 7) is 0.819. The van der Waals surface area contributed by atoms with Crippen molar-refractivity contribution in [1.82, 2.24) is 4.98 Å². The molecule has 1 saturated carbocycles. The van der Waals surface area contributed by atoms with Gasteiger partial charge in [0.05, 0.1) is 0 Å². The lowest BCUT2D eigenvalue weighted by Gasteiger charge is -1.95. The number of nitrogens with zero attached hydrogens (tertiary/aromatic N) is 1. The molecule has 1 heterocycles. The van der Waals surface area contributed by atoms with E-state index in [1.54, 1.807) is 0 Å². The monoisotopic (exact) mass is 148 g/mol. The van der Waals surface area contributed by atoms with Gasteiger partial charge in [0.2, 0.25) is 0 Å². The summed E-state index contributed by atoms with van der Waals surface area (Å²) < 4.78 is 0. The molecule has 11 heavy (non-hydrogen) atoms. The summed E-state index contributed by atoms with van der Waals surface area (Å²) >= 11 is 0. The van der Waals surface area contributed by atoms with Crippen LogP contribution in [0.4, 0.5) is 0 Å². The van der Waals surface area contributed by atoms with E-state index >= 15 is 0 Å². The van der Waals surface area contributed by atoms with Gasteiger partial charge >= 0.3 is 0 Å². The van der Waals surface area contributed by atoms with E-state index in [0.29, 0.717) is 5.92 Å². The highest BCUT2D eigenvalue weighted by Gasteiger charge is 2.36. The highest BCUT2D eigenvalue weighted by molar-refractivity contribution is 5.22. The molecule has 2 atom stereocenters. The lowest BCUT2D eigenvalue weighted by atomic mass is 10.1. The third kappa shape index (κ3) is 1.26. The average Bonchev–Trinajstić information content (AvgIpc) is 2.85. The molecule has 0 aromatic carbocycles. The molecule has 1 aromatic heterocycles. The predicted molar refractivity (Wildman–Crippen MR) is 44.1 cm³/mol. The molecule has 1 aromatic rings. The maximum absolute atomic E-state index is 5.54. The van der Waals surface area contributed by atoms with Crippen LogP contribution < -0.4 is 5.73 Å². The van der Waals surface area contributed by atoms with E-state index in [1.807, 2.05) is 18.5 Å². The van der Waals surface area contributed by atoms with Crippen molar-refractivity contribution in [3.63, 3.8) is 0 Å². The van der Waals surface area contributed by atoms with Crippen molar-refractivity contribution < 1.29 is 0 Å². The molecule has 0 bridgehead atoms. The van der Waals surface area contributed by atoms with Crippen LogP contribution in [0.1, 0.15) is 17.9 Å². The lowest BCUT2D eigenvalue weighted by Crippen LogP contribution is -2.01. The standard InChI is InChI=1S/C9H12N2/c10-5-8-4-9(8)7-2-1-3-11-6-7/h1-3,6,8-9H,4-5,10H2/t8-,9-/m0/s1. The van der Waals surface area contributed by atoms with Gasteiger partial charge in [0.15, 0.2) is 0 Å². The Labute approximate surface area is 66.4 Å². The van der Waals surface area contributed by atoms with Gasteiger partial charge in [-0.2, -0.15) is 0 Å². The SMILES string of the molecule is NC[C@@H]1C[C@H]1c1cccnc1. The zero-order valence-corrected chi connectivity index (χ0v) is 6.40. The normalized spacial score (nSPS) is 28.5. The molecule has 0 radical (unpaired) electrons. The Morgan fingerprint density at radius 1 is 1.64 bits per heavy atom. The van der Waals surface area contributed by atoms with E-state index in [0.717, 1.165) is 12.5 Å². The highest BCUT2D eigenvalue weighted by Crippen LogP contribution is 2.46. The topological polar surface area (TPSA) is 38.9 Å². The van der Waals surface area contributed by atoms with Crippen LogP contribution >= 0.6 is 0 Å². The van der Waals surface area contributed by atoms with E-state index < -0.39 is 0 Å². The summed E-state index contributed by atoms with van der Waals surface area (Å²) in [5.41, 5.74) is 6.89. The minimum absolute atomic E-state index is 0.702. The van der Waals surface area contributed by atoms with Gasteiger partial charge in [-0.05, 0) is 36.4 Å². The third-order valence-electron chi connectivity index (χ3n) is 2.34. The second kappa shape index (κ2) is 2.62. The van der Waals surface area contributed by atoms with E-state index in [-0.39, 0.29) is 0 Å². The Morgan fingerprint density at radius 3 is 3.09 bits per heavy atom. The third-order valence-corrected chi connectivity index (χ3v) is 2.34. The zero-order chi connectivity index (χ0) is 7.68. The molecule has 58 valence electrons. The molecule has 1 fully saturated rings. The van der Waals surface area contributed by atoms with Gasteiger partial charge in [-0.15, -0.1) is 0 Å². The van der Waals surface area contributed by atoms with Gasteiger partial charge in [0.25, 0.3) is 0 Å². The maximum atomic E-state index is 5.54. The number of rotatable bonds is 2. The minimum Gasteiger partial charge on any atom is -0.330 e. The molecule has 1 aliphatic rings. The van der Waals surface area contributed by atoms with Crippen molar-refractivity contribution in [3.05, 3.63) is 30.1 Å². The van der Waals surface area contributed by atoms with E-state index in [4.69, 9.17) is 5.73 Å². The lowest BCUT2D eigenvalue weighted by molar-refractivity contribution is 0.808. The van der Waals surface area contributed by atoms with Crippen molar-refractivity contribution >= 4 is 0 Å². The van der Waals surface area contributed by atoms with Crippen molar-refractivity contribution in [3.8, 4) is 0 Å². The van der Waals surface area contributed by atoms with Gasteiger partial charge in [-0.1, -0.05) is 6.07 Å². The van der Waals surface area contributed by atoms with Gasteiger partial charge in [-0.3, -0.25) is 4.98 Å². The fourth-order valence-electron chi connectivity index (χ4n) is 1.51. The van der Waals surface area contributed by atoms with Crippen LogP contribution in [-0.4, -0.2) is 11.5 Å². The first kappa shape index (κ1) is 6.80. The number of hydrogen-bond donors (Lipinski definition) is 1. The molecular formula is C9H12N2. The summed E-state index contributed by atoms with van der Waals surface area (Å²) in [5.74, 6) is 1.42. The molecule has 2 heteroatoms. The summed E-state index contributed by atoms with van der Waals surface area (Å²) in [7, 11) is 0. The summed E-state index contributed by atoms with van der Waals surface area (Å²) in [6.07, 6.45) is 5.01. The van der Waals surface area contributed by atoms with Crippen molar-refractivity contribution in [1.29, 1.82) is 0 Å². The molecule has 1 aliphatic carbocycles. The molecule has 0 aliphatic heterocycles. The molecule has 0 unspecified atom stereocenters. The number of pyridine rings is 1. The van der Waals surface area contributed by atoms with Crippen LogP contribution in [0.3, 0.4) is 0 Å². The fourth-order valence-corrected chi connectivity index (χ4v) is 1.51. The molecule has 0 spiro atoms. The first-order valence-electron chi connectivity index (χ1n) is 4.02. The zero-order valence-electron chi connectivity index (χ0n) is 6.40. The maximum Gasteiger partial charge on any atom is 0.0302 e. The molecular weight excluding hydrogens is 136 g/mol. The van der Waals surface area contributed by atoms with Crippen LogP contribution in [0.25, 0.3) is 0 Å². The largest absolute Gasteiger partial charge is 0.330 e. The Balaban J connectivity index is 2.09. The van der Waals surface area contributed by atoms with Crippen molar-refractivity contribution in [2.24, 2.45) is 11.7 Å².